The topological polar surface area (TPSA) is 76.9 Å². The molecule has 116 valence electrons. The number of nitrogens with zero attached hydrogens (tertiary/aromatic N) is 1. The molecule has 0 saturated carbocycles. The average Bonchev–Trinajstić information content (AvgIpc) is 3.05. The lowest BCUT2D eigenvalue weighted by atomic mass is 10.2. The van der Waals surface area contributed by atoms with E-state index in [9.17, 15) is 4.55 Å². The Hall–Kier alpha value is -1.63. The molecule has 0 bridgehead atoms. The lowest BCUT2D eigenvalue weighted by Gasteiger charge is -2.08. The van der Waals surface area contributed by atoms with Crippen LogP contribution >= 0.6 is 11.6 Å². The molecule has 1 unspecified atom stereocenters. The molecule has 0 aliphatic rings. The Labute approximate surface area is 136 Å². The Kier molecular flexibility index (Phi) is 4.33. The van der Waals surface area contributed by atoms with Crippen LogP contribution in [0.4, 0.5) is 5.82 Å². The SMILES string of the molecule is CCCc1onc(N[S+]([O-])c2c[nH]c3cc(Cl)ccc23)c1C. The Balaban J connectivity index is 1.85. The van der Waals surface area contributed by atoms with Gasteiger partial charge in [-0.25, -0.2) is 0 Å². The third kappa shape index (κ3) is 2.82. The highest BCUT2D eigenvalue weighted by molar-refractivity contribution is 7.93. The van der Waals surface area contributed by atoms with Crippen LogP contribution in [0.3, 0.4) is 0 Å². The second kappa shape index (κ2) is 6.24. The van der Waals surface area contributed by atoms with Crippen molar-refractivity contribution in [1.29, 1.82) is 0 Å². The van der Waals surface area contributed by atoms with Gasteiger partial charge in [-0.05, 0) is 31.5 Å². The molecule has 3 rings (SSSR count). The number of aromatic amines is 1. The maximum atomic E-state index is 12.6. The predicted molar refractivity (Wildman–Crippen MR) is 88.6 cm³/mol. The molecular formula is C15H16ClN3O2S. The molecule has 0 saturated heterocycles. The van der Waals surface area contributed by atoms with Crippen molar-refractivity contribution in [3.05, 3.63) is 40.7 Å². The van der Waals surface area contributed by atoms with Crippen LogP contribution < -0.4 is 4.72 Å². The van der Waals surface area contributed by atoms with Gasteiger partial charge in [-0.3, -0.25) is 0 Å². The van der Waals surface area contributed by atoms with Crippen LogP contribution in [-0.4, -0.2) is 14.7 Å². The summed E-state index contributed by atoms with van der Waals surface area (Å²) < 4.78 is 20.8. The van der Waals surface area contributed by atoms with E-state index >= 15 is 0 Å². The van der Waals surface area contributed by atoms with Gasteiger partial charge >= 0.3 is 0 Å². The molecule has 0 amide bonds. The summed E-state index contributed by atoms with van der Waals surface area (Å²) in [5.41, 5.74) is 1.75. The van der Waals surface area contributed by atoms with Gasteiger partial charge in [0, 0.05) is 17.0 Å². The summed E-state index contributed by atoms with van der Waals surface area (Å²) in [4.78, 5) is 3.73. The zero-order valence-corrected chi connectivity index (χ0v) is 13.8. The number of rotatable bonds is 5. The highest BCUT2D eigenvalue weighted by Crippen LogP contribution is 2.28. The predicted octanol–water partition coefficient (Wildman–Crippen LogP) is 4.20. The molecule has 0 radical (unpaired) electrons. The van der Waals surface area contributed by atoms with Crippen molar-refractivity contribution < 1.29 is 9.08 Å². The monoisotopic (exact) mass is 337 g/mol. The van der Waals surface area contributed by atoms with Crippen LogP contribution in [0, 0.1) is 6.92 Å². The summed E-state index contributed by atoms with van der Waals surface area (Å²) in [6.45, 7) is 3.99. The van der Waals surface area contributed by atoms with Crippen molar-refractivity contribution in [2.75, 3.05) is 4.72 Å². The van der Waals surface area contributed by atoms with Crippen molar-refractivity contribution in [2.24, 2.45) is 0 Å². The van der Waals surface area contributed by atoms with E-state index in [1.807, 2.05) is 13.0 Å². The van der Waals surface area contributed by atoms with Gasteiger partial charge in [-0.2, -0.15) is 4.72 Å². The number of hydrogen-bond acceptors (Lipinski definition) is 4. The quantitative estimate of drug-likeness (QED) is 0.684. The van der Waals surface area contributed by atoms with Gasteiger partial charge in [-0.1, -0.05) is 23.7 Å². The van der Waals surface area contributed by atoms with Gasteiger partial charge < -0.3 is 14.1 Å². The molecule has 1 atom stereocenters. The second-order valence-corrected chi connectivity index (χ2v) is 6.66. The first-order chi connectivity index (χ1) is 10.6. The third-order valence-corrected chi connectivity index (χ3v) is 4.84. The zero-order valence-electron chi connectivity index (χ0n) is 12.3. The normalized spacial score (nSPS) is 12.7. The molecule has 0 aliphatic heterocycles. The first kappa shape index (κ1) is 15.3. The first-order valence-electron chi connectivity index (χ1n) is 7.00. The summed E-state index contributed by atoms with van der Waals surface area (Å²) >= 11 is 4.52. The minimum atomic E-state index is -1.43. The fraction of sp³-hybridized carbons (Fsp3) is 0.267. The molecule has 2 aromatic heterocycles. The summed E-state index contributed by atoms with van der Waals surface area (Å²) in [5, 5.41) is 5.47. The van der Waals surface area contributed by atoms with Crippen molar-refractivity contribution in [3.63, 3.8) is 0 Å². The van der Waals surface area contributed by atoms with Crippen molar-refractivity contribution >= 4 is 39.7 Å². The Morgan fingerprint density at radius 2 is 2.27 bits per heavy atom. The minimum absolute atomic E-state index is 0.519. The lowest BCUT2D eigenvalue weighted by Crippen LogP contribution is -2.13. The maximum Gasteiger partial charge on any atom is 0.216 e. The van der Waals surface area contributed by atoms with Crippen LogP contribution in [-0.2, 0) is 17.8 Å². The maximum absolute atomic E-state index is 12.6. The summed E-state index contributed by atoms with van der Waals surface area (Å²) in [7, 11) is 0. The number of halogens is 1. The highest BCUT2D eigenvalue weighted by Gasteiger charge is 2.21. The van der Waals surface area contributed by atoms with E-state index in [-0.39, 0.29) is 0 Å². The number of H-pyrrole nitrogens is 1. The number of aryl methyl sites for hydroxylation is 1. The van der Waals surface area contributed by atoms with Gasteiger partial charge in [0.05, 0.1) is 17.1 Å². The molecule has 0 spiro atoms. The fourth-order valence-corrected chi connectivity index (χ4v) is 3.48. The summed E-state index contributed by atoms with van der Waals surface area (Å²) in [6, 6.07) is 5.43. The molecule has 2 heterocycles. The smallest absolute Gasteiger partial charge is 0.216 e. The lowest BCUT2D eigenvalue weighted by molar-refractivity contribution is 0.383. The Bertz CT molecular complexity index is 799. The highest BCUT2D eigenvalue weighted by atomic mass is 35.5. The first-order valence-corrected chi connectivity index (χ1v) is 8.53. The van der Waals surface area contributed by atoms with Crippen molar-refractivity contribution in [3.8, 4) is 0 Å². The van der Waals surface area contributed by atoms with E-state index in [1.54, 1.807) is 18.3 Å². The molecule has 2 N–H and O–H groups in total. The van der Waals surface area contributed by atoms with Crippen LogP contribution in [0.25, 0.3) is 10.9 Å². The average molecular weight is 338 g/mol. The number of benzene rings is 1. The van der Waals surface area contributed by atoms with Gasteiger partial charge in [0.15, 0.2) is 0 Å². The molecular weight excluding hydrogens is 322 g/mol. The number of aromatic nitrogens is 2. The van der Waals surface area contributed by atoms with E-state index in [0.29, 0.717) is 15.7 Å². The molecule has 22 heavy (non-hydrogen) atoms. The number of anilines is 1. The van der Waals surface area contributed by atoms with Crippen molar-refractivity contribution in [1.82, 2.24) is 10.1 Å². The zero-order chi connectivity index (χ0) is 15.7. The fourth-order valence-electron chi connectivity index (χ4n) is 2.29. The second-order valence-electron chi connectivity index (χ2n) is 5.04. The molecule has 7 heteroatoms. The summed E-state index contributed by atoms with van der Waals surface area (Å²) in [5.74, 6) is 1.35. The molecule has 1 aromatic carbocycles. The Morgan fingerprint density at radius 1 is 1.45 bits per heavy atom. The molecule has 5 nitrogen and oxygen atoms in total. The van der Waals surface area contributed by atoms with Crippen LogP contribution in [0.2, 0.25) is 5.02 Å². The number of fused-ring (bicyclic) bond motifs is 1. The number of nitrogens with one attached hydrogen (secondary N) is 2. The van der Waals surface area contributed by atoms with Gasteiger partial charge in [-0.15, -0.1) is 0 Å². The van der Waals surface area contributed by atoms with Crippen LogP contribution in [0.1, 0.15) is 24.7 Å². The van der Waals surface area contributed by atoms with Gasteiger partial charge in [0.2, 0.25) is 10.7 Å². The third-order valence-electron chi connectivity index (χ3n) is 3.49. The van der Waals surface area contributed by atoms with Crippen molar-refractivity contribution in [2.45, 2.75) is 31.6 Å². The molecule has 0 fully saturated rings. The van der Waals surface area contributed by atoms with Crippen LogP contribution in [0.15, 0.2) is 33.8 Å². The van der Waals surface area contributed by atoms with E-state index in [2.05, 4.69) is 21.8 Å². The molecule has 0 aliphatic carbocycles. The largest absolute Gasteiger partial charge is 0.588 e. The van der Waals surface area contributed by atoms with Gasteiger partial charge in [0.25, 0.3) is 0 Å². The van der Waals surface area contributed by atoms with Gasteiger partial charge in [0.1, 0.15) is 17.1 Å². The standard InChI is InChI=1S/C15H16ClN3O2S/c1-3-4-13-9(2)15(18-21-13)19-22(20)14-8-17-12-7-10(16)5-6-11(12)14/h5-8,17H,3-4H2,1-2H3,(H,18,19). The Morgan fingerprint density at radius 3 is 3.05 bits per heavy atom. The van der Waals surface area contributed by atoms with E-state index < -0.39 is 11.4 Å². The molecule has 3 aromatic rings. The number of hydrogen-bond donors (Lipinski definition) is 2. The van der Waals surface area contributed by atoms with E-state index in [0.717, 1.165) is 35.1 Å². The summed E-state index contributed by atoms with van der Waals surface area (Å²) in [6.07, 6.45) is 3.51. The van der Waals surface area contributed by atoms with Crippen LogP contribution in [0.5, 0.6) is 0 Å². The van der Waals surface area contributed by atoms with E-state index in [4.69, 9.17) is 16.1 Å². The van der Waals surface area contributed by atoms with E-state index in [1.165, 1.54) is 0 Å². The minimum Gasteiger partial charge on any atom is -0.588 e.